The predicted octanol–water partition coefficient (Wildman–Crippen LogP) is 5.03. The first-order valence-corrected chi connectivity index (χ1v) is 13.2. The summed E-state index contributed by atoms with van der Waals surface area (Å²) in [4.78, 5) is 12.7. The molecule has 3 aromatic rings. The quantitative estimate of drug-likeness (QED) is 0.391. The first-order chi connectivity index (χ1) is 15.8. The van der Waals surface area contributed by atoms with Crippen molar-refractivity contribution in [2.45, 2.75) is 17.6 Å². The number of carbonyl (C=O) groups excluding carboxylic acids is 1. The van der Waals surface area contributed by atoms with Gasteiger partial charge in [0.05, 0.1) is 10.6 Å². The van der Waals surface area contributed by atoms with Crippen LogP contribution in [0, 0.1) is 12.7 Å². The normalized spacial score (nSPS) is 11.2. The van der Waals surface area contributed by atoms with Crippen molar-refractivity contribution in [3.05, 3.63) is 94.8 Å². The van der Waals surface area contributed by atoms with Crippen molar-refractivity contribution >= 4 is 45.0 Å². The summed E-state index contributed by atoms with van der Waals surface area (Å²) in [7, 11) is -3.94. The monoisotopic (exact) mass is 506 g/mol. The van der Waals surface area contributed by atoms with Crippen molar-refractivity contribution in [1.82, 2.24) is 5.32 Å². The number of sulfonamides is 1. The lowest BCUT2D eigenvalue weighted by Crippen LogP contribution is -2.41. The molecule has 33 heavy (non-hydrogen) atoms. The van der Waals surface area contributed by atoms with E-state index in [4.69, 9.17) is 11.6 Å². The third-order valence-corrected chi connectivity index (χ3v) is 7.94. The highest BCUT2D eigenvalue weighted by Gasteiger charge is 2.27. The number of nitrogens with one attached hydrogen (secondary N) is 1. The van der Waals surface area contributed by atoms with Gasteiger partial charge in [-0.05, 0) is 43.3 Å². The minimum atomic E-state index is -3.94. The zero-order chi connectivity index (χ0) is 23.8. The van der Waals surface area contributed by atoms with Crippen LogP contribution in [0.4, 0.5) is 10.1 Å². The zero-order valence-electron chi connectivity index (χ0n) is 18.0. The number of rotatable bonds is 10. The Labute approximate surface area is 203 Å². The summed E-state index contributed by atoms with van der Waals surface area (Å²) >= 11 is 7.45. The molecular weight excluding hydrogens is 483 g/mol. The number of hydrogen-bond donors (Lipinski definition) is 1. The number of thioether (sulfide) groups is 1. The van der Waals surface area contributed by atoms with Gasteiger partial charge in [-0.3, -0.25) is 9.10 Å². The molecular formula is C24H24ClFN2O3S2. The molecule has 0 spiro atoms. The fourth-order valence-electron chi connectivity index (χ4n) is 3.04. The molecule has 0 aromatic heterocycles. The third kappa shape index (κ3) is 6.72. The Balaban J connectivity index is 1.62. The lowest BCUT2D eigenvalue weighted by molar-refractivity contribution is -0.119. The van der Waals surface area contributed by atoms with Crippen molar-refractivity contribution in [3.63, 3.8) is 0 Å². The number of hydrogen-bond acceptors (Lipinski definition) is 4. The highest BCUT2D eigenvalue weighted by molar-refractivity contribution is 7.98. The molecule has 174 valence electrons. The van der Waals surface area contributed by atoms with Crippen LogP contribution in [-0.4, -0.2) is 33.2 Å². The maximum Gasteiger partial charge on any atom is 0.264 e. The van der Waals surface area contributed by atoms with E-state index in [1.165, 1.54) is 30.0 Å². The zero-order valence-corrected chi connectivity index (χ0v) is 20.4. The van der Waals surface area contributed by atoms with Crippen LogP contribution in [0.1, 0.15) is 11.1 Å². The highest BCUT2D eigenvalue weighted by atomic mass is 35.5. The molecule has 1 amide bonds. The van der Waals surface area contributed by atoms with Crippen LogP contribution in [0.2, 0.25) is 5.02 Å². The lowest BCUT2D eigenvalue weighted by atomic mass is 10.2. The number of halogens is 2. The van der Waals surface area contributed by atoms with E-state index in [1.807, 2.05) is 6.92 Å². The summed E-state index contributed by atoms with van der Waals surface area (Å²) in [5.41, 5.74) is 1.76. The summed E-state index contributed by atoms with van der Waals surface area (Å²) in [6.07, 6.45) is 0. The predicted molar refractivity (Wildman–Crippen MR) is 133 cm³/mol. The number of carbonyl (C=O) groups is 1. The highest BCUT2D eigenvalue weighted by Crippen LogP contribution is 2.25. The topological polar surface area (TPSA) is 66.5 Å². The Bertz CT molecular complexity index is 1170. The van der Waals surface area contributed by atoms with Crippen molar-refractivity contribution in [3.8, 4) is 0 Å². The van der Waals surface area contributed by atoms with Crippen LogP contribution in [0.5, 0.6) is 0 Å². The number of benzene rings is 3. The van der Waals surface area contributed by atoms with Crippen LogP contribution < -0.4 is 9.62 Å². The maximum absolute atomic E-state index is 13.8. The largest absolute Gasteiger partial charge is 0.354 e. The number of nitrogens with zero attached hydrogens (tertiary/aromatic N) is 1. The minimum absolute atomic E-state index is 0.113. The molecule has 0 atom stereocenters. The summed E-state index contributed by atoms with van der Waals surface area (Å²) in [5.74, 6) is 0.101. The van der Waals surface area contributed by atoms with E-state index in [0.717, 1.165) is 9.87 Å². The molecule has 0 aliphatic heterocycles. The standard InChI is InChI=1S/C24H24ClFN2O3S2/c1-18-10-12-20(13-11-18)33(30,31)28(19-6-3-2-4-7-19)16-24(29)27-14-15-32-17-21-22(25)8-5-9-23(21)26/h2-13H,14-17H2,1H3,(H,27,29). The van der Waals surface area contributed by atoms with E-state index in [0.29, 0.717) is 34.3 Å². The van der Waals surface area contributed by atoms with Gasteiger partial charge < -0.3 is 5.32 Å². The second-order valence-corrected chi connectivity index (χ2v) is 10.6. The molecule has 0 aliphatic carbocycles. The fourth-order valence-corrected chi connectivity index (χ4v) is 5.66. The van der Waals surface area contributed by atoms with E-state index >= 15 is 0 Å². The van der Waals surface area contributed by atoms with Gasteiger partial charge in [0.2, 0.25) is 5.91 Å². The van der Waals surface area contributed by atoms with E-state index in [2.05, 4.69) is 5.32 Å². The molecule has 9 heteroatoms. The van der Waals surface area contributed by atoms with E-state index in [-0.39, 0.29) is 17.3 Å². The average molecular weight is 507 g/mol. The molecule has 1 N–H and O–H groups in total. The number of amides is 1. The summed E-state index contributed by atoms with van der Waals surface area (Å²) in [6, 6.07) is 19.5. The van der Waals surface area contributed by atoms with Crippen molar-refractivity contribution in [2.75, 3.05) is 23.1 Å². The molecule has 0 saturated heterocycles. The van der Waals surface area contributed by atoms with Gasteiger partial charge in [-0.15, -0.1) is 0 Å². The smallest absolute Gasteiger partial charge is 0.264 e. The molecule has 0 fully saturated rings. The molecule has 0 saturated carbocycles. The summed E-state index contributed by atoms with van der Waals surface area (Å²) < 4.78 is 41.5. The van der Waals surface area contributed by atoms with Gasteiger partial charge in [-0.1, -0.05) is 53.6 Å². The van der Waals surface area contributed by atoms with Gasteiger partial charge in [-0.25, -0.2) is 12.8 Å². The van der Waals surface area contributed by atoms with E-state index in [9.17, 15) is 17.6 Å². The molecule has 0 bridgehead atoms. The first kappa shape index (κ1) is 25.1. The lowest BCUT2D eigenvalue weighted by Gasteiger charge is -2.24. The van der Waals surface area contributed by atoms with Crippen molar-refractivity contribution in [1.29, 1.82) is 0 Å². The number of para-hydroxylation sites is 1. The summed E-state index contributed by atoms with van der Waals surface area (Å²) in [6.45, 7) is 1.82. The minimum Gasteiger partial charge on any atom is -0.354 e. The Morgan fingerprint density at radius 2 is 1.73 bits per heavy atom. The van der Waals surface area contributed by atoms with Gasteiger partial charge in [0.25, 0.3) is 10.0 Å². The Hall–Kier alpha value is -2.55. The van der Waals surface area contributed by atoms with Crippen LogP contribution in [0.3, 0.4) is 0 Å². The number of anilines is 1. The van der Waals surface area contributed by atoms with Gasteiger partial charge in [0, 0.05) is 28.6 Å². The van der Waals surface area contributed by atoms with Crippen LogP contribution in [0.15, 0.2) is 77.7 Å². The molecule has 5 nitrogen and oxygen atoms in total. The van der Waals surface area contributed by atoms with Crippen LogP contribution in [-0.2, 0) is 20.6 Å². The number of aryl methyl sites for hydroxylation is 1. The van der Waals surface area contributed by atoms with Gasteiger partial charge >= 0.3 is 0 Å². The second kappa shape index (κ2) is 11.5. The van der Waals surface area contributed by atoms with Gasteiger partial charge in [0.15, 0.2) is 0 Å². The Morgan fingerprint density at radius 1 is 1.03 bits per heavy atom. The van der Waals surface area contributed by atoms with Crippen LogP contribution >= 0.6 is 23.4 Å². The molecule has 3 aromatic carbocycles. The Morgan fingerprint density at radius 3 is 2.39 bits per heavy atom. The fraction of sp³-hybridized carbons (Fsp3) is 0.208. The molecule has 0 aliphatic rings. The maximum atomic E-state index is 13.8. The van der Waals surface area contributed by atoms with Gasteiger partial charge in [-0.2, -0.15) is 11.8 Å². The molecule has 0 unspecified atom stereocenters. The van der Waals surface area contributed by atoms with E-state index in [1.54, 1.807) is 54.6 Å². The Kier molecular flexibility index (Phi) is 8.77. The van der Waals surface area contributed by atoms with Crippen molar-refractivity contribution < 1.29 is 17.6 Å². The van der Waals surface area contributed by atoms with Crippen molar-refractivity contribution in [2.24, 2.45) is 0 Å². The third-order valence-electron chi connectivity index (χ3n) is 4.82. The van der Waals surface area contributed by atoms with Gasteiger partial charge in [0.1, 0.15) is 12.4 Å². The molecule has 0 radical (unpaired) electrons. The van der Waals surface area contributed by atoms with E-state index < -0.39 is 15.9 Å². The molecule has 0 heterocycles. The average Bonchev–Trinajstić information content (AvgIpc) is 2.79. The summed E-state index contributed by atoms with van der Waals surface area (Å²) in [5, 5.41) is 3.11. The SMILES string of the molecule is Cc1ccc(S(=O)(=O)N(CC(=O)NCCSCc2c(F)cccc2Cl)c2ccccc2)cc1. The second-order valence-electron chi connectivity index (χ2n) is 7.26. The molecule has 3 rings (SSSR count). The first-order valence-electron chi connectivity index (χ1n) is 10.2. The van der Waals surface area contributed by atoms with Crippen LogP contribution in [0.25, 0.3) is 0 Å².